The van der Waals surface area contributed by atoms with Crippen LogP contribution in [0.1, 0.15) is 31.3 Å². The van der Waals surface area contributed by atoms with E-state index in [1.54, 1.807) is 30.3 Å². The van der Waals surface area contributed by atoms with E-state index in [1.165, 1.54) is 13.2 Å². The molecule has 0 saturated carbocycles. The van der Waals surface area contributed by atoms with Crippen LogP contribution in [0.5, 0.6) is 0 Å². The van der Waals surface area contributed by atoms with Gasteiger partial charge in [0, 0.05) is 11.6 Å². The van der Waals surface area contributed by atoms with Gasteiger partial charge in [-0.25, -0.2) is 4.79 Å². The summed E-state index contributed by atoms with van der Waals surface area (Å²) in [6.07, 6.45) is 0. The molecule has 1 aliphatic rings. The van der Waals surface area contributed by atoms with E-state index in [4.69, 9.17) is 10.2 Å². The number of carbonyl (C=O) groups excluding carboxylic acids is 3. The molecule has 2 aromatic heterocycles. The van der Waals surface area contributed by atoms with Crippen LogP contribution in [-0.4, -0.2) is 29.5 Å². The van der Waals surface area contributed by atoms with Crippen molar-refractivity contribution in [1.29, 1.82) is 0 Å². The van der Waals surface area contributed by atoms with E-state index in [2.05, 4.69) is 10.1 Å². The molecule has 0 fully saturated rings. The molecule has 3 heterocycles. The molecule has 4 rings (SSSR count). The molecule has 3 aromatic rings. The van der Waals surface area contributed by atoms with Crippen LogP contribution in [0, 0.1) is 0 Å². The smallest absolute Gasteiger partial charge is 0.373 e. The number of imide groups is 1. The Kier molecular flexibility index (Phi) is 3.85. The minimum atomic E-state index is -0.672. The molecule has 0 saturated heterocycles. The zero-order valence-corrected chi connectivity index (χ0v) is 14.5. The van der Waals surface area contributed by atoms with Crippen LogP contribution in [0.4, 0.5) is 5.82 Å². The molecule has 28 heavy (non-hydrogen) atoms. The highest BCUT2D eigenvalue weighted by Gasteiger charge is 2.32. The fourth-order valence-corrected chi connectivity index (χ4v) is 3.10. The first-order valence-corrected chi connectivity index (χ1v) is 8.11. The summed E-state index contributed by atoms with van der Waals surface area (Å²) in [5.74, 6) is -1.87. The molecule has 9 heteroatoms. The van der Waals surface area contributed by atoms with E-state index in [1.807, 2.05) is 0 Å². The van der Waals surface area contributed by atoms with Crippen LogP contribution < -0.4 is 16.6 Å². The van der Waals surface area contributed by atoms with Crippen molar-refractivity contribution in [2.24, 2.45) is 0 Å². The van der Waals surface area contributed by atoms with Gasteiger partial charge in [-0.3, -0.25) is 24.3 Å². The maximum absolute atomic E-state index is 12.7. The number of benzene rings is 1. The summed E-state index contributed by atoms with van der Waals surface area (Å²) in [7, 11) is 1.23. The van der Waals surface area contributed by atoms with E-state index in [0.29, 0.717) is 17.0 Å². The number of fused-ring (bicyclic) bond motifs is 1. The lowest BCUT2D eigenvalue weighted by molar-refractivity contribution is 0.0565. The quantitative estimate of drug-likeness (QED) is 0.518. The summed E-state index contributed by atoms with van der Waals surface area (Å²) < 4.78 is 11.3. The van der Waals surface area contributed by atoms with Gasteiger partial charge < -0.3 is 14.9 Å². The second-order valence-electron chi connectivity index (χ2n) is 5.95. The summed E-state index contributed by atoms with van der Waals surface area (Å²) in [5.41, 5.74) is 6.15. The van der Waals surface area contributed by atoms with E-state index < -0.39 is 23.3 Å². The summed E-state index contributed by atoms with van der Waals surface area (Å²) in [4.78, 5) is 48.2. The number of carbonyl (C=O) groups is 3. The molecular formula is C19H13N3O6. The molecule has 0 aliphatic carbocycles. The molecule has 0 spiro atoms. The van der Waals surface area contributed by atoms with Gasteiger partial charge in [0.2, 0.25) is 5.76 Å². The summed E-state index contributed by atoms with van der Waals surface area (Å²) >= 11 is 0. The van der Waals surface area contributed by atoms with Crippen LogP contribution in [0.25, 0.3) is 17.0 Å². The zero-order chi connectivity index (χ0) is 20.0. The van der Waals surface area contributed by atoms with Gasteiger partial charge in [0.1, 0.15) is 11.6 Å². The largest absolute Gasteiger partial charge is 0.463 e. The predicted molar refractivity (Wildman–Crippen MR) is 97.3 cm³/mol. The number of para-hydroxylation sites is 1. The van der Waals surface area contributed by atoms with E-state index in [9.17, 15) is 19.2 Å². The Hall–Kier alpha value is -4.14. The van der Waals surface area contributed by atoms with Crippen molar-refractivity contribution in [1.82, 2.24) is 9.88 Å². The van der Waals surface area contributed by atoms with Crippen LogP contribution in [0.15, 0.2) is 51.7 Å². The van der Waals surface area contributed by atoms with Gasteiger partial charge >= 0.3 is 5.97 Å². The first-order chi connectivity index (χ1) is 13.4. The number of methoxy groups -OCH3 is 1. The number of hydrogen-bond acceptors (Lipinski definition) is 7. The number of nitrogens with two attached hydrogens (primary N) is 1. The number of aromatic nitrogens is 1. The summed E-state index contributed by atoms with van der Waals surface area (Å²) in [6, 6.07) is 10.7. The van der Waals surface area contributed by atoms with Gasteiger partial charge in [-0.15, -0.1) is 0 Å². The van der Waals surface area contributed by atoms with Crippen molar-refractivity contribution in [3.05, 3.63) is 69.7 Å². The topological polar surface area (TPSA) is 134 Å². The molecule has 1 aromatic carbocycles. The van der Waals surface area contributed by atoms with Crippen molar-refractivity contribution in [2.45, 2.75) is 0 Å². The number of furan rings is 1. The zero-order valence-electron chi connectivity index (χ0n) is 14.5. The Morgan fingerprint density at radius 3 is 2.57 bits per heavy atom. The van der Waals surface area contributed by atoms with Crippen molar-refractivity contribution < 1.29 is 23.5 Å². The predicted octanol–water partition coefficient (Wildman–Crippen LogP) is 1.35. The minimum Gasteiger partial charge on any atom is -0.463 e. The standard InChI is InChI=1S/C19H13N3O6/c1-27-19(26)13-7-6-12(28-13)9-4-2-3-5-11(9)22-14(23)8-10-15(16(22)20)18(25)21-17(10)24/h2-8H,20H2,1H3,(H,21,24,25). The first kappa shape index (κ1) is 17.3. The highest BCUT2D eigenvalue weighted by atomic mass is 16.5. The van der Waals surface area contributed by atoms with Crippen molar-refractivity contribution in [3.8, 4) is 17.0 Å². The van der Waals surface area contributed by atoms with Gasteiger partial charge in [-0.1, -0.05) is 12.1 Å². The SMILES string of the molecule is COC(=O)c1ccc(-c2ccccc2-n2c(N)c3c(cc2=O)C(=O)NC3=O)o1. The average molecular weight is 379 g/mol. The maximum atomic E-state index is 12.7. The number of amides is 2. The van der Waals surface area contributed by atoms with E-state index in [0.717, 1.165) is 10.6 Å². The van der Waals surface area contributed by atoms with E-state index >= 15 is 0 Å². The Bertz CT molecular complexity index is 1220. The third kappa shape index (κ3) is 2.49. The number of nitrogen functional groups attached to an aromatic ring is 1. The van der Waals surface area contributed by atoms with Gasteiger partial charge in [0.25, 0.3) is 17.4 Å². The highest BCUT2D eigenvalue weighted by molar-refractivity contribution is 6.23. The highest BCUT2D eigenvalue weighted by Crippen LogP contribution is 2.31. The van der Waals surface area contributed by atoms with Crippen LogP contribution in [0.3, 0.4) is 0 Å². The number of nitrogens with zero attached hydrogens (tertiary/aromatic N) is 1. The molecular weight excluding hydrogens is 366 g/mol. The summed E-state index contributed by atoms with van der Waals surface area (Å²) in [6.45, 7) is 0. The molecule has 9 nitrogen and oxygen atoms in total. The Balaban J connectivity index is 1.94. The third-order valence-electron chi connectivity index (χ3n) is 4.36. The fraction of sp³-hybridized carbons (Fsp3) is 0.0526. The lowest BCUT2D eigenvalue weighted by Gasteiger charge is -2.14. The van der Waals surface area contributed by atoms with Crippen LogP contribution >= 0.6 is 0 Å². The number of ether oxygens (including phenoxy) is 1. The molecule has 2 amide bonds. The van der Waals surface area contributed by atoms with Crippen molar-refractivity contribution in [3.63, 3.8) is 0 Å². The number of anilines is 1. The second-order valence-corrected chi connectivity index (χ2v) is 5.95. The maximum Gasteiger partial charge on any atom is 0.373 e. The van der Waals surface area contributed by atoms with E-state index in [-0.39, 0.29) is 22.7 Å². The third-order valence-corrected chi connectivity index (χ3v) is 4.36. The number of hydrogen-bond donors (Lipinski definition) is 2. The number of nitrogens with one attached hydrogen (secondary N) is 1. The monoisotopic (exact) mass is 379 g/mol. The Morgan fingerprint density at radius 2 is 1.82 bits per heavy atom. The van der Waals surface area contributed by atoms with Crippen molar-refractivity contribution in [2.75, 3.05) is 12.8 Å². The molecule has 140 valence electrons. The first-order valence-electron chi connectivity index (χ1n) is 8.11. The van der Waals surface area contributed by atoms with Gasteiger partial charge in [0.05, 0.1) is 23.9 Å². The van der Waals surface area contributed by atoms with Crippen LogP contribution in [0.2, 0.25) is 0 Å². The Morgan fingerprint density at radius 1 is 1.07 bits per heavy atom. The van der Waals surface area contributed by atoms with Gasteiger partial charge in [-0.2, -0.15) is 0 Å². The van der Waals surface area contributed by atoms with Gasteiger partial charge in [0.15, 0.2) is 0 Å². The van der Waals surface area contributed by atoms with Crippen molar-refractivity contribution >= 4 is 23.6 Å². The minimum absolute atomic E-state index is 0.00782. The molecule has 0 bridgehead atoms. The number of pyridine rings is 1. The second kappa shape index (κ2) is 6.23. The lowest BCUT2D eigenvalue weighted by Crippen LogP contribution is -2.24. The van der Waals surface area contributed by atoms with Gasteiger partial charge in [-0.05, 0) is 24.3 Å². The summed E-state index contributed by atoms with van der Waals surface area (Å²) in [5, 5.41) is 2.12. The average Bonchev–Trinajstić information content (AvgIpc) is 3.27. The Labute approximate surface area is 157 Å². The normalized spacial score (nSPS) is 12.6. The number of rotatable bonds is 3. The number of esters is 1. The molecule has 0 atom stereocenters. The molecule has 3 N–H and O–H groups in total. The molecule has 1 aliphatic heterocycles. The van der Waals surface area contributed by atoms with Crippen LogP contribution in [-0.2, 0) is 4.74 Å². The fourth-order valence-electron chi connectivity index (χ4n) is 3.10. The molecule has 0 unspecified atom stereocenters. The molecule has 0 radical (unpaired) electrons. The lowest BCUT2D eigenvalue weighted by atomic mass is 10.1.